The zero-order valence-corrected chi connectivity index (χ0v) is 16.8. The third-order valence-corrected chi connectivity index (χ3v) is 5.84. The van der Waals surface area contributed by atoms with E-state index >= 15 is 0 Å². The van der Waals surface area contributed by atoms with Crippen molar-refractivity contribution < 1.29 is 19.1 Å². The number of carbonyl (C=O) groups is 3. The summed E-state index contributed by atoms with van der Waals surface area (Å²) in [6.07, 6.45) is 0. The van der Waals surface area contributed by atoms with E-state index in [1.807, 2.05) is 28.7 Å². The van der Waals surface area contributed by atoms with Gasteiger partial charge in [-0.2, -0.15) is 0 Å². The minimum Gasteiger partial charge on any atom is -0.454 e. The second kappa shape index (κ2) is 7.82. The van der Waals surface area contributed by atoms with Gasteiger partial charge in [0.1, 0.15) is 0 Å². The Kier molecular flexibility index (Phi) is 7.04. The molecule has 1 aromatic rings. The summed E-state index contributed by atoms with van der Waals surface area (Å²) in [6, 6.07) is 3.55. The molecule has 0 N–H and O–H groups in total. The van der Waals surface area contributed by atoms with Crippen LogP contribution in [0.3, 0.4) is 0 Å². The van der Waals surface area contributed by atoms with E-state index in [0.29, 0.717) is 9.13 Å². The lowest BCUT2D eigenvalue weighted by Gasteiger charge is -2.07. The lowest BCUT2D eigenvalue weighted by Crippen LogP contribution is -2.23. The smallest absolute Gasteiger partial charge is 0.333 e. The van der Waals surface area contributed by atoms with Crippen LogP contribution >= 0.6 is 67.8 Å². The van der Waals surface area contributed by atoms with E-state index in [4.69, 9.17) is 4.74 Å². The fourth-order valence-corrected chi connectivity index (χ4v) is 3.59. The maximum Gasteiger partial charge on any atom is 0.333 e. The first-order chi connectivity index (χ1) is 9.23. The van der Waals surface area contributed by atoms with E-state index in [2.05, 4.69) is 51.8 Å². The molecule has 0 saturated heterocycles. The number of hydrogen-bond acceptors (Lipinski definition) is 4. The summed E-state index contributed by atoms with van der Waals surface area (Å²) in [4.78, 5) is 35.1. The Morgan fingerprint density at radius 1 is 1.20 bits per heavy atom. The molecule has 0 amide bonds. The van der Waals surface area contributed by atoms with Gasteiger partial charge in [0, 0.05) is 21.8 Å². The Hall–Kier alpha value is -0.0400. The van der Waals surface area contributed by atoms with Crippen molar-refractivity contribution in [3.05, 3.63) is 40.6 Å². The van der Waals surface area contributed by atoms with Crippen molar-refractivity contribution in [1.82, 2.24) is 0 Å². The molecule has 0 aliphatic heterocycles. The van der Waals surface area contributed by atoms with Crippen LogP contribution < -0.4 is 0 Å². The average molecular weight is 610 g/mol. The third kappa shape index (κ3) is 4.76. The molecular formula is C13H9I3O4. The highest BCUT2D eigenvalue weighted by molar-refractivity contribution is 14.1. The molecule has 0 unspecified atom stereocenters. The van der Waals surface area contributed by atoms with Crippen molar-refractivity contribution in [3.63, 3.8) is 0 Å². The van der Waals surface area contributed by atoms with Crippen LogP contribution in [0.5, 0.6) is 0 Å². The Labute approximate surface area is 157 Å². The molecule has 4 nitrogen and oxygen atoms in total. The number of esters is 1. The lowest BCUT2D eigenvalue weighted by atomic mass is 10.1. The molecule has 0 aliphatic rings. The summed E-state index contributed by atoms with van der Waals surface area (Å²) in [7, 11) is 0. The summed E-state index contributed by atoms with van der Waals surface area (Å²) in [6.45, 7) is 4.30. The molecule has 0 bridgehead atoms. The number of ether oxygens (including phenoxy) is 1. The van der Waals surface area contributed by atoms with Crippen molar-refractivity contribution in [2.45, 2.75) is 6.92 Å². The topological polar surface area (TPSA) is 60.4 Å². The van der Waals surface area contributed by atoms with Crippen LogP contribution in [0.1, 0.15) is 17.3 Å². The number of halogens is 3. The highest BCUT2D eigenvalue weighted by Crippen LogP contribution is 2.23. The molecule has 0 fully saturated rings. The molecule has 0 saturated carbocycles. The number of carbonyl (C=O) groups excluding carboxylic acids is 3. The van der Waals surface area contributed by atoms with E-state index in [1.54, 1.807) is 6.07 Å². The molecule has 0 aromatic heterocycles. The first-order valence-electron chi connectivity index (χ1n) is 5.28. The molecule has 0 heterocycles. The minimum atomic E-state index is -0.754. The summed E-state index contributed by atoms with van der Waals surface area (Å²) in [5.74, 6) is -2.09. The van der Waals surface area contributed by atoms with E-state index in [0.717, 1.165) is 7.14 Å². The number of rotatable bonds is 5. The number of Topliss-reactive ketones (excluding diaryl/α,β-unsaturated/α-hetero) is 2. The lowest BCUT2D eigenvalue weighted by molar-refractivity contribution is -0.142. The quantitative estimate of drug-likeness (QED) is 0.128. The second-order valence-corrected chi connectivity index (χ2v) is 7.34. The van der Waals surface area contributed by atoms with Gasteiger partial charge in [-0.1, -0.05) is 6.58 Å². The Morgan fingerprint density at radius 2 is 1.80 bits per heavy atom. The molecule has 20 heavy (non-hydrogen) atoms. The first-order valence-corrected chi connectivity index (χ1v) is 8.52. The zero-order valence-electron chi connectivity index (χ0n) is 10.3. The van der Waals surface area contributed by atoms with Crippen molar-refractivity contribution in [1.29, 1.82) is 0 Å². The highest BCUT2D eigenvalue weighted by atomic mass is 127. The number of benzene rings is 1. The van der Waals surface area contributed by atoms with Gasteiger partial charge < -0.3 is 4.74 Å². The van der Waals surface area contributed by atoms with Gasteiger partial charge >= 0.3 is 5.97 Å². The number of ketones is 2. The number of hydrogen-bond donors (Lipinski definition) is 0. The van der Waals surface area contributed by atoms with E-state index in [1.165, 1.54) is 6.92 Å². The fourth-order valence-electron chi connectivity index (χ4n) is 1.19. The zero-order chi connectivity index (χ0) is 15.4. The molecule has 1 aromatic carbocycles. The van der Waals surface area contributed by atoms with Gasteiger partial charge in [0.2, 0.25) is 11.6 Å². The van der Waals surface area contributed by atoms with Gasteiger partial charge in [-0.3, -0.25) is 9.59 Å². The molecular weight excluding hydrogens is 601 g/mol. The average Bonchev–Trinajstić information content (AvgIpc) is 2.38. The van der Waals surface area contributed by atoms with Gasteiger partial charge in [-0.15, -0.1) is 0 Å². The van der Waals surface area contributed by atoms with Crippen LogP contribution in [-0.4, -0.2) is 24.1 Å². The van der Waals surface area contributed by atoms with E-state index in [-0.39, 0.29) is 5.57 Å². The Morgan fingerprint density at radius 3 is 2.35 bits per heavy atom. The first kappa shape index (κ1) is 18.0. The van der Waals surface area contributed by atoms with Gasteiger partial charge in [-0.05, 0) is 86.8 Å². The summed E-state index contributed by atoms with van der Waals surface area (Å²) in [5.41, 5.74) is 0.516. The molecule has 0 atom stereocenters. The van der Waals surface area contributed by atoms with Gasteiger partial charge in [0.15, 0.2) is 6.61 Å². The summed E-state index contributed by atoms with van der Waals surface area (Å²) >= 11 is 6.19. The third-order valence-electron chi connectivity index (χ3n) is 2.17. The molecule has 106 valence electrons. The Bertz CT molecular complexity index is 608. The van der Waals surface area contributed by atoms with Crippen LogP contribution in [0.4, 0.5) is 0 Å². The van der Waals surface area contributed by atoms with E-state index < -0.39 is 24.1 Å². The largest absolute Gasteiger partial charge is 0.454 e. The van der Waals surface area contributed by atoms with E-state index in [9.17, 15) is 14.4 Å². The van der Waals surface area contributed by atoms with Crippen molar-refractivity contribution in [2.24, 2.45) is 0 Å². The SMILES string of the molecule is C=C(C)C(=O)OCC(=O)C(=O)c1cc(I)cc(I)c1I. The predicted molar refractivity (Wildman–Crippen MR) is 99.7 cm³/mol. The molecule has 1 rings (SSSR count). The van der Waals surface area contributed by atoms with Crippen molar-refractivity contribution in [3.8, 4) is 0 Å². The minimum absolute atomic E-state index is 0.184. The second-order valence-electron chi connectivity index (χ2n) is 3.86. The van der Waals surface area contributed by atoms with Gasteiger partial charge in [0.25, 0.3) is 0 Å². The predicted octanol–water partition coefficient (Wildman–Crippen LogP) is 3.37. The summed E-state index contributed by atoms with van der Waals surface area (Å²) in [5, 5.41) is 0. The normalized spacial score (nSPS) is 10.0. The Balaban J connectivity index is 2.88. The van der Waals surface area contributed by atoms with Crippen LogP contribution in [-0.2, 0) is 14.3 Å². The molecule has 0 spiro atoms. The van der Waals surface area contributed by atoms with Crippen LogP contribution in [0.25, 0.3) is 0 Å². The van der Waals surface area contributed by atoms with Crippen LogP contribution in [0, 0.1) is 10.7 Å². The highest BCUT2D eigenvalue weighted by Gasteiger charge is 2.22. The fraction of sp³-hybridized carbons (Fsp3) is 0.154. The van der Waals surface area contributed by atoms with Crippen molar-refractivity contribution >= 4 is 85.3 Å². The standard InChI is InChI=1S/C13H9I3O4/c1-6(2)13(19)20-5-10(17)12(18)8-3-7(14)4-9(15)11(8)16/h3-4H,1,5H2,2H3. The van der Waals surface area contributed by atoms with Crippen LogP contribution in [0.15, 0.2) is 24.3 Å². The monoisotopic (exact) mass is 610 g/mol. The molecule has 0 aliphatic carbocycles. The molecule has 7 heteroatoms. The van der Waals surface area contributed by atoms with Crippen LogP contribution in [0.2, 0.25) is 0 Å². The molecule has 0 radical (unpaired) electrons. The maximum atomic E-state index is 12.1. The van der Waals surface area contributed by atoms with Crippen molar-refractivity contribution in [2.75, 3.05) is 6.61 Å². The van der Waals surface area contributed by atoms with Gasteiger partial charge in [-0.25, -0.2) is 4.79 Å². The maximum absolute atomic E-state index is 12.1. The summed E-state index contributed by atoms with van der Waals surface area (Å²) < 4.78 is 7.17. The van der Waals surface area contributed by atoms with Gasteiger partial charge in [0.05, 0.1) is 0 Å².